The Balaban J connectivity index is 1.86. The van der Waals surface area contributed by atoms with Crippen LogP contribution in [0.5, 0.6) is 0 Å². The number of carbonyl (C=O) groups excluding carboxylic acids is 2. The predicted molar refractivity (Wildman–Crippen MR) is 104 cm³/mol. The maximum absolute atomic E-state index is 13.3. The molecular formula is C21H25N3O2. The minimum atomic E-state index is -0.961. The van der Waals surface area contributed by atoms with E-state index in [4.69, 9.17) is 0 Å². The molecular weight excluding hydrogens is 326 g/mol. The minimum absolute atomic E-state index is 0.0205. The van der Waals surface area contributed by atoms with Crippen molar-refractivity contribution in [2.24, 2.45) is 0 Å². The van der Waals surface area contributed by atoms with E-state index in [1.54, 1.807) is 18.7 Å². The van der Waals surface area contributed by atoms with Gasteiger partial charge >= 0.3 is 0 Å². The molecule has 1 aliphatic heterocycles. The van der Waals surface area contributed by atoms with Crippen LogP contribution < -0.4 is 15.5 Å². The third-order valence-electron chi connectivity index (χ3n) is 4.90. The van der Waals surface area contributed by atoms with Gasteiger partial charge in [0, 0.05) is 6.04 Å². The summed E-state index contributed by atoms with van der Waals surface area (Å²) < 4.78 is 0. The van der Waals surface area contributed by atoms with Crippen molar-refractivity contribution in [2.45, 2.75) is 45.3 Å². The number of anilines is 2. The standard InChI is InChI=1S/C21H25N3O2/c1-14(16-10-6-5-7-11-16)22-15(2)19(25)24-18-13-9-8-12-17(18)23-20(26)21(24,3)4/h5-15,22H,1-4H3,(H,23,26)/t14-,15-/m1/s1. The second kappa shape index (κ2) is 6.92. The Morgan fingerprint density at radius 3 is 2.35 bits per heavy atom. The van der Waals surface area contributed by atoms with Crippen LogP contribution in [0.1, 0.15) is 39.3 Å². The minimum Gasteiger partial charge on any atom is -0.322 e. The summed E-state index contributed by atoms with van der Waals surface area (Å²) in [7, 11) is 0. The van der Waals surface area contributed by atoms with Crippen LogP contribution >= 0.6 is 0 Å². The summed E-state index contributed by atoms with van der Waals surface area (Å²) in [4.78, 5) is 27.4. The highest BCUT2D eigenvalue weighted by atomic mass is 16.2. The Hall–Kier alpha value is -2.66. The fourth-order valence-electron chi connectivity index (χ4n) is 3.32. The zero-order chi connectivity index (χ0) is 18.9. The van der Waals surface area contributed by atoms with Crippen LogP contribution in [0, 0.1) is 0 Å². The highest BCUT2D eigenvalue weighted by Crippen LogP contribution is 2.37. The average Bonchev–Trinajstić information content (AvgIpc) is 2.62. The first-order chi connectivity index (χ1) is 12.3. The van der Waals surface area contributed by atoms with Gasteiger partial charge in [-0.15, -0.1) is 0 Å². The van der Waals surface area contributed by atoms with Gasteiger partial charge in [-0.3, -0.25) is 19.8 Å². The molecule has 0 aliphatic carbocycles. The number of nitrogens with zero attached hydrogens (tertiary/aromatic N) is 1. The van der Waals surface area contributed by atoms with Crippen molar-refractivity contribution in [1.82, 2.24) is 5.32 Å². The molecule has 0 unspecified atom stereocenters. The summed E-state index contributed by atoms with van der Waals surface area (Å²) in [5.74, 6) is -0.312. The quantitative estimate of drug-likeness (QED) is 0.886. The third-order valence-corrected chi connectivity index (χ3v) is 4.90. The second-order valence-corrected chi connectivity index (χ2v) is 7.22. The summed E-state index contributed by atoms with van der Waals surface area (Å²) >= 11 is 0. The summed E-state index contributed by atoms with van der Waals surface area (Å²) in [5, 5.41) is 6.24. The molecule has 2 aromatic carbocycles. The van der Waals surface area contributed by atoms with Gasteiger partial charge in [0.05, 0.1) is 17.4 Å². The van der Waals surface area contributed by atoms with Gasteiger partial charge in [0.25, 0.3) is 0 Å². The first kappa shape index (κ1) is 18.1. The normalized spacial score (nSPS) is 17.8. The largest absolute Gasteiger partial charge is 0.322 e. The smallest absolute Gasteiger partial charge is 0.250 e. The lowest BCUT2D eigenvalue weighted by molar-refractivity contribution is -0.127. The number of para-hydroxylation sites is 2. The number of benzene rings is 2. The monoisotopic (exact) mass is 351 g/mol. The number of carbonyl (C=O) groups is 2. The molecule has 0 saturated carbocycles. The molecule has 2 amide bonds. The van der Waals surface area contributed by atoms with Crippen LogP contribution in [0.3, 0.4) is 0 Å². The lowest BCUT2D eigenvalue weighted by Gasteiger charge is -2.43. The van der Waals surface area contributed by atoms with Crippen LogP contribution in [0.25, 0.3) is 0 Å². The van der Waals surface area contributed by atoms with Crippen molar-refractivity contribution in [1.29, 1.82) is 0 Å². The Morgan fingerprint density at radius 1 is 1.04 bits per heavy atom. The van der Waals surface area contributed by atoms with Crippen molar-refractivity contribution in [3.05, 3.63) is 60.2 Å². The van der Waals surface area contributed by atoms with Crippen molar-refractivity contribution in [3.63, 3.8) is 0 Å². The number of hydrogen-bond donors (Lipinski definition) is 2. The first-order valence-electron chi connectivity index (χ1n) is 8.88. The summed E-state index contributed by atoms with van der Waals surface area (Å²) in [6.07, 6.45) is 0. The maximum atomic E-state index is 13.3. The van der Waals surface area contributed by atoms with Gasteiger partial charge in [-0.1, -0.05) is 42.5 Å². The van der Waals surface area contributed by atoms with Gasteiger partial charge in [0.15, 0.2) is 0 Å². The summed E-state index contributed by atoms with van der Waals surface area (Å²) in [6.45, 7) is 7.40. The SMILES string of the molecule is C[C@@H](N[C@H](C)c1ccccc1)C(=O)N1c2ccccc2NC(=O)C1(C)C. The van der Waals surface area contributed by atoms with Gasteiger partial charge in [0.2, 0.25) is 11.8 Å². The second-order valence-electron chi connectivity index (χ2n) is 7.22. The van der Waals surface area contributed by atoms with Crippen LogP contribution in [-0.4, -0.2) is 23.4 Å². The molecule has 5 nitrogen and oxygen atoms in total. The Labute approximate surface area is 154 Å². The van der Waals surface area contributed by atoms with E-state index in [1.165, 1.54) is 0 Å². The molecule has 2 atom stereocenters. The number of nitrogens with one attached hydrogen (secondary N) is 2. The topological polar surface area (TPSA) is 61.4 Å². The van der Waals surface area contributed by atoms with E-state index >= 15 is 0 Å². The Bertz CT molecular complexity index is 817. The summed E-state index contributed by atoms with van der Waals surface area (Å²) in [6, 6.07) is 17.0. The van der Waals surface area contributed by atoms with Crippen molar-refractivity contribution < 1.29 is 9.59 Å². The molecule has 0 bridgehead atoms. The van der Waals surface area contributed by atoms with E-state index in [-0.39, 0.29) is 17.9 Å². The summed E-state index contributed by atoms with van der Waals surface area (Å²) in [5.41, 5.74) is 1.54. The van der Waals surface area contributed by atoms with Crippen molar-refractivity contribution in [3.8, 4) is 0 Å². The van der Waals surface area contributed by atoms with E-state index in [0.29, 0.717) is 5.69 Å². The third kappa shape index (κ3) is 3.22. The van der Waals surface area contributed by atoms with Crippen molar-refractivity contribution >= 4 is 23.2 Å². The molecule has 1 heterocycles. The molecule has 0 radical (unpaired) electrons. The highest BCUT2D eigenvalue weighted by Gasteiger charge is 2.44. The molecule has 0 fully saturated rings. The van der Waals surface area contributed by atoms with Crippen LogP contribution in [-0.2, 0) is 9.59 Å². The maximum Gasteiger partial charge on any atom is 0.250 e. The van der Waals surface area contributed by atoms with Crippen LogP contribution in [0.15, 0.2) is 54.6 Å². The predicted octanol–water partition coefficient (Wildman–Crippen LogP) is 3.49. The van der Waals surface area contributed by atoms with Crippen LogP contribution in [0.4, 0.5) is 11.4 Å². The zero-order valence-electron chi connectivity index (χ0n) is 15.6. The van der Waals surface area contributed by atoms with E-state index < -0.39 is 11.6 Å². The molecule has 0 aromatic heterocycles. The molecule has 2 N–H and O–H groups in total. The first-order valence-corrected chi connectivity index (χ1v) is 8.88. The van der Waals surface area contributed by atoms with E-state index in [0.717, 1.165) is 11.3 Å². The molecule has 26 heavy (non-hydrogen) atoms. The number of hydrogen-bond acceptors (Lipinski definition) is 3. The molecule has 2 aromatic rings. The molecule has 1 aliphatic rings. The lowest BCUT2D eigenvalue weighted by Crippen LogP contribution is -2.61. The van der Waals surface area contributed by atoms with Gasteiger partial charge in [-0.05, 0) is 45.4 Å². The van der Waals surface area contributed by atoms with Gasteiger partial charge < -0.3 is 5.32 Å². The molecule has 5 heteroatoms. The highest BCUT2D eigenvalue weighted by molar-refractivity contribution is 6.15. The van der Waals surface area contributed by atoms with E-state index in [2.05, 4.69) is 10.6 Å². The number of rotatable bonds is 4. The Kier molecular flexibility index (Phi) is 4.83. The Morgan fingerprint density at radius 2 is 1.65 bits per heavy atom. The number of fused-ring (bicyclic) bond motifs is 1. The van der Waals surface area contributed by atoms with Gasteiger partial charge in [0.1, 0.15) is 5.54 Å². The van der Waals surface area contributed by atoms with Crippen LogP contribution in [0.2, 0.25) is 0 Å². The fraction of sp³-hybridized carbons (Fsp3) is 0.333. The van der Waals surface area contributed by atoms with Crippen molar-refractivity contribution in [2.75, 3.05) is 10.2 Å². The molecule has 0 saturated heterocycles. The van der Waals surface area contributed by atoms with Gasteiger partial charge in [-0.25, -0.2) is 0 Å². The average molecular weight is 351 g/mol. The van der Waals surface area contributed by atoms with E-state index in [9.17, 15) is 9.59 Å². The van der Waals surface area contributed by atoms with Gasteiger partial charge in [-0.2, -0.15) is 0 Å². The number of amides is 2. The van der Waals surface area contributed by atoms with E-state index in [1.807, 2.05) is 68.4 Å². The lowest BCUT2D eigenvalue weighted by atomic mass is 9.95. The zero-order valence-corrected chi connectivity index (χ0v) is 15.6. The molecule has 3 rings (SSSR count). The fourth-order valence-corrected chi connectivity index (χ4v) is 3.32. The molecule has 136 valence electrons. The molecule has 0 spiro atoms.